The van der Waals surface area contributed by atoms with Crippen LogP contribution in [0.2, 0.25) is 0 Å². The number of imidazole rings is 1. The molecule has 0 fully saturated rings. The van der Waals surface area contributed by atoms with Gasteiger partial charge in [-0.2, -0.15) is 5.10 Å². The second kappa shape index (κ2) is 5.04. The normalized spacial score (nSPS) is 12.5. The predicted molar refractivity (Wildman–Crippen MR) is 76.1 cm³/mol. The van der Waals surface area contributed by atoms with E-state index in [1.54, 1.807) is 0 Å². The highest BCUT2D eigenvalue weighted by Crippen LogP contribution is 2.18. The molecule has 8 heteroatoms. The molecule has 0 spiro atoms. The van der Waals surface area contributed by atoms with Crippen molar-refractivity contribution in [2.24, 2.45) is 0 Å². The zero-order chi connectivity index (χ0) is 14.1. The van der Waals surface area contributed by atoms with Crippen LogP contribution in [0.25, 0.3) is 11.0 Å². The fourth-order valence-corrected chi connectivity index (χ4v) is 2.21. The Morgan fingerprint density at radius 2 is 2.30 bits per heavy atom. The van der Waals surface area contributed by atoms with Gasteiger partial charge in [0.25, 0.3) is 5.91 Å². The van der Waals surface area contributed by atoms with Gasteiger partial charge in [0.05, 0.1) is 17.1 Å². The average molecular weight is 335 g/mol. The zero-order valence-electron chi connectivity index (χ0n) is 10.5. The molecular weight excluding hydrogens is 324 g/mol. The van der Waals surface area contributed by atoms with Crippen LogP contribution < -0.4 is 5.32 Å². The van der Waals surface area contributed by atoms with Gasteiger partial charge in [0.1, 0.15) is 12.2 Å². The van der Waals surface area contributed by atoms with Crippen molar-refractivity contribution in [2.45, 2.75) is 13.0 Å². The number of nitrogens with zero attached hydrogens (tertiary/aromatic N) is 3. The maximum Gasteiger partial charge on any atom is 0.287 e. The molecule has 3 aromatic rings. The van der Waals surface area contributed by atoms with Crippen molar-refractivity contribution in [1.29, 1.82) is 0 Å². The number of rotatable bonds is 3. The van der Waals surface area contributed by atoms with E-state index >= 15 is 0 Å². The van der Waals surface area contributed by atoms with Crippen LogP contribution in [-0.2, 0) is 0 Å². The highest BCUT2D eigenvalue weighted by atomic mass is 79.9. The fraction of sp³-hybridized carbons (Fsp3) is 0.167. The molecule has 0 bridgehead atoms. The average Bonchev–Trinajstić information content (AvgIpc) is 3.07. The first-order valence-corrected chi connectivity index (χ1v) is 6.74. The third-order valence-corrected chi connectivity index (χ3v) is 3.34. The number of nitrogens with one attached hydrogen (secondary N) is 3. The standard InChI is InChI=1S/C12H11BrN6O/c1-6(10-14-5-15-19-10)16-12(20)11-17-8-3-2-7(13)4-9(8)18-11/h2-6H,1H3,(H,16,20)(H,17,18)(H,14,15,19)/t6-/m1/s1. The van der Waals surface area contributed by atoms with Crippen molar-refractivity contribution in [3.05, 3.63) is 40.6 Å². The van der Waals surface area contributed by atoms with Crippen molar-refractivity contribution in [2.75, 3.05) is 0 Å². The summed E-state index contributed by atoms with van der Waals surface area (Å²) in [6.07, 6.45) is 1.40. The lowest BCUT2D eigenvalue weighted by atomic mass is 10.3. The molecule has 0 unspecified atom stereocenters. The first kappa shape index (κ1) is 12.8. The maximum atomic E-state index is 12.1. The van der Waals surface area contributed by atoms with Crippen LogP contribution in [0, 0.1) is 0 Å². The third kappa shape index (κ3) is 2.42. The number of aromatic amines is 2. The first-order valence-electron chi connectivity index (χ1n) is 5.95. The van der Waals surface area contributed by atoms with E-state index < -0.39 is 0 Å². The van der Waals surface area contributed by atoms with E-state index in [2.05, 4.69) is 46.4 Å². The van der Waals surface area contributed by atoms with Gasteiger partial charge >= 0.3 is 0 Å². The van der Waals surface area contributed by atoms with E-state index in [1.165, 1.54) is 6.33 Å². The number of hydrogen-bond donors (Lipinski definition) is 3. The molecule has 0 aliphatic rings. The number of aromatic nitrogens is 5. The number of amides is 1. The molecule has 20 heavy (non-hydrogen) atoms. The molecule has 0 aliphatic carbocycles. The molecule has 1 amide bonds. The van der Waals surface area contributed by atoms with Crippen LogP contribution in [0.1, 0.15) is 29.4 Å². The summed E-state index contributed by atoms with van der Waals surface area (Å²) in [6.45, 7) is 1.82. The highest BCUT2D eigenvalue weighted by molar-refractivity contribution is 9.10. The number of benzene rings is 1. The van der Waals surface area contributed by atoms with Gasteiger partial charge < -0.3 is 10.3 Å². The summed E-state index contributed by atoms with van der Waals surface area (Å²) >= 11 is 3.38. The Hall–Kier alpha value is -2.22. The summed E-state index contributed by atoms with van der Waals surface area (Å²) in [4.78, 5) is 23.4. The van der Waals surface area contributed by atoms with E-state index in [1.807, 2.05) is 25.1 Å². The van der Waals surface area contributed by atoms with Crippen LogP contribution in [0.3, 0.4) is 0 Å². The van der Waals surface area contributed by atoms with E-state index in [9.17, 15) is 4.79 Å². The Balaban J connectivity index is 1.82. The van der Waals surface area contributed by atoms with Gasteiger partial charge in [-0.05, 0) is 25.1 Å². The number of fused-ring (bicyclic) bond motifs is 1. The number of carbonyl (C=O) groups is 1. The van der Waals surface area contributed by atoms with Crippen LogP contribution in [0.5, 0.6) is 0 Å². The Bertz CT molecular complexity index is 750. The molecular formula is C12H11BrN6O. The third-order valence-electron chi connectivity index (χ3n) is 2.85. The summed E-state index contributed by atoms with van der Waals surface area (Å²) < 4.78 is 0.927. The number of H-pyrrole nitrogens is 2. The topological polar surface area (TPSA) is 99.3 Å². The molecule has 2 aromatic heterocycles. The lowest BCUT2D eigenvalue weighted by Gasteiger charge is -2.08. The first-order chi connectivity index (χ1) is 9.63. The molecule has 0 saturated heterocycles. The van der Waals surface area contributed by atoms with Crippen LogP contribution >= 0.6 is 15.9 Å². The predicted octanol–water partition coefficient (Wildman–Crippen LogP) is 1.93. The van der Waals surface area contributed by atoms with E-state index in [0.29, 0.717) is 5.82 Å². The number of hydrogen-bond acceptors (Lipinski definition) is 4. The van der Waals surface area contributed by atoms with Gasteiger partial charge in [0, 0.05) is 4.47 Å². The van der Waals surface area contributed by atoms with Crippen molar-refractivity contribution < 1.29 is 4.79 Å². The van der Waals surface area contributed by atoms with Gasteiger partial charge in [-0.25, -0.2) is 9.97 Å². The van der Waals surface area contributed by atoms with E-state index in [-0.39, 0.29) is 17.8 Å². The van der Waals surface area contributed by atoms with Gasteiger partial charge in [-0.15, -0.1) is 0 Å². The summed E-state index contributed by atoms with van der Waals surface area (Å²) in [7, 11) is 0. The lowest BCUT2D eigenvalue weighted by Crippen LogP contribution is -2.28. The molecule has 1 atom stereocenters. The van der Waals surface area contributed by atoms with Crippen LogP contribution in [0.15, 0.2) is 29.0 Å². The minimum absolute atomic E-state index is 0.268. The molecule has 0 radical (unpaired) electrons. The SMILES string of the molecule is C[C@@H](NC(=O)c1nc2ccc(Br)cc2[nH]1)c1ncn[nH]1. The molecule has 7 nitrogen and oxygen atoms in total. The second-order valence-corrected chi connectivity index (χ2v) is 5.23. The Morgan fingerprint density at radius 1 is 1.45 bits per heavy atom. The second-order valence-electron chi connectivity index (χ2n) is 4.31. The van der Waals surface area contributed by atoms with Gasteiger partial charge in [0.2, 0.25) is 0 Å². The van der Waals surface area contributed by atoms with Gasteiger partial charge in [-0.3, -0.25) is 9.89 Å². The summed E-state index contributed by atoms with van der Waals surface area (Å²) in [5, 5.41) is 9.26. The van der Waals surface area contributed by atoms with Crippen LogP contribution in [-0.4, -0.2) is 31.1 Å². The molecule has 3 N–H and O–H groups in total. The minimum atomic E-state index is -0.291. The van der Waals surface area contributed by atoms with E-state index in [0.717, 1.165) is 15.5 Å². The molecule has 0 aliphatic heterocycles. The Labute approximate surface area is 122 Å². The lowest BCUT2D eigenvalue weighted by molar-refractivity contribution is 0.0929. The number of carbonyl (C=O) groups excluding carboxylic acids is 1. The Morgan fingerprint density at radius 3 is 3.05 bits per heavy atom. The molecule has 1 aromatic carbocycles. The highest BCUT2D eigenvalue weighted by Gasteiger charge is 2.16. The van der Waals surface area contributed by atoms with Crippen LogP contribution in [0.4, 0.5) is 0 Å². The zero-order valence-corrected chi connectivity index (χ0v) is 12.1. The van der Waals surface area contributed by atoms with Crippen molar-refractivity contribution in [3.63, 3.8) is 0 Å². The summed E-state index contributed by atoms with van der Waals surface area (Å²) in [6, 6.07) is 5.32. The monoisotopic (exact) mass is 334 g/mol. The fourth-order valence-electron chi connectivity index (χ4n) is 1.85. The van der Waals surface area contributed by atoms with Gasteiger partial charge in [-0.1, -0.05) is 15.9 Å². The van der Waals surface area contributed by atoms with Gasteiger partial charge in [0.15, 0.2) is 5.82 Å². The van der Waals surface area contributed by atoms with Crippen molar-refractivity contribution >= 4 is 32.9 Å². The largest absolute Gasteiger partial charge is 0.340 e. The summed E-state index contributed by atoms with van der Waals surface area (Å²) in [5.41, 5.74) is 1.54. The molecule has 2 heterocycles. The molecule has 102 valence electrons. The summed E-state index contributed by atoms with van der Waals surface area (Å²) in [5.74, 6) is 0.572. The quantitative estimate of drug-likeness (QED) is 0.681. The van der Waals surface area contributed by atoms with Crippen molar-refractivity contribution in [3.8, 4) is 0 Å². The maximum absolute atomic E-state index is 12.1. The van der Waals surface area contributed by atoms with E-state index in [4.69, 9.17) is 0 Å². The number of halogens is 1. The molecule has 0 saturated carbocycles. The minimum Gasteiger partial charge on any atom is -0.340 e. The van der Waals surface area contributed by atoms with Crippen molar-refractivity contribution in [1.82, 2.24) is 30.5 Å². The smallest absolute Gasteiger partial charge is 0.287 e. The molecule has 3 rings (SSSR count). The Kier molecular flexibility index (Phi) is 3.23.